The molecular weight excluding hydrogens is 319 g/mol. The largest absolute Gasteiger partial charge is 0.370 e. The molecule has 4 heteroatoms. The van der Waals surface area contributed by atoms with Gasteiger partial charge in [0.15, 0.2) is 0 Å². The average molecular weight is 343 g/mol. The van der Waals surface area contributed by atoms with Gasteiger partial charge in [-0.2, -0.15) is 0 Å². The predicted octanol–water partition coefficient (Wildman–Crippen LogP) is 4.11. The SMILES string of the molecule is Cc1cc(F)c(Br)cc1N1CCCNC(C(C)(C)C)C1. The molecule has 1 N–H and O–H groups in total. The van der Waals surface area contributed by atoms with Crippen LogP contribution in [0.1, 0.15) is 32.8 Å². The number of aryl methyl sites for hydroxylation is 1. The minimum Gasteiger partial charge on any atom is -0.370 e. The van der Waals surface area contributed by atoms with Gasteiger partial charge in [-0.05, 0) is 58.9 Å². The van der Waals surface area contributed by atoms with E-state index in [4.69, 9.17) is 0 Å². The lowest BCUT2D eigenvalue weighted by Crippen LogP contribution is -2.46. The first-order valence-corrected chi connectivity index (χ1v) is 8.02. The van der Waals surface area contributed by atoms with Crippen molar-refractivity contribution in [2.75, 3.05) is 24.5 Å². The van der Waals surface area contributed by atoms with Crippen LogP contribution >= 0.6 is 15.9 Å². The first kappa shape index (κ1) is 15.8. The van der Waals surface area contributed by atoms with Crippen molar-refractivity contribution in [3.05, 3.63) is 28.0 Å². The summed E-state index contributed by atoms with van der Waals surface area (Å²) < 4.78 is 14.1. The van der Waals surface area contributed by atoms with Crippen molar-refractivity contribution >= 4 is 21.6 Å². The van der Waals surface area contributed by atoms with Gasteiger partial charge in [0.05, 0.1) is 4.47 Å². The molecule has 0 aromatic heterocycles. The molecule has 2 rings (SSSR count). The van der Waals surface area contributed by atoms with Crippen LogP contribution in [0.5, 0.6) is 0 Å². The van der Waals surface area contributed by atoms with Crippen LogP contribution in [-0.2, 0) is 0 Å². The zero-order chi connectivity index (χ0) is 14.9. The van der Waals surface area contributed by atoms with E-state index >= 15 is 0 Å². The third-order valence-electron chi connectivity index (χ3n) is 4.02. The van der Waals surface area contributed by atoms with E-state index in [1.165, 1.54) is 0 Å². The third-order valence-corrected chi connectivity index (χ3v) is 4.63. The number of nitrogens with one attached hydrogen (secondary N) is 1. The van der Waals surface area contributed by atoms with Crippen LogP contribution in [0.2, 0.25) is 0 Å². The second-order valence-corrected chi connectivity index (χ2v) is 7.58. The molecule has 1 heterocycles. The summed E-state index contributed by atoms with van der Waals surface area (Å²) in [6.07, 6.45) is 1.11. The van der Waals surface area contributed by atoms with Crippen molar-refractivity contribution < 1.29 is 4.39 Å². The Kier molecular flexibility index (Phi) is 4.75. The number of halogens is 2. The second-order valence-electron chi connectivity index (χ2n) is 6.73. The summed E-state index contributed by atoms with van der Waals surface area (Å²) in [6.45, 7) is 11.8. The maximum atomic E-state index is 13.6. The summed E-state index contributed by atoms with van der Waals surface area (Å²) in [7, 11) is 0. The van der Waals surface area contributed by atoms with E-state index in [0.29, 0.717) is 10.5 Å². The number of hydrogen-bond donors (Lipinski definition) is 1. The van der Waals surface area contributed by atoms with Crippen LogP contribution in [0.4, 0.5) is 10.1 Å². The van der Waals surface area contributed by atoms with E-state index in [0.717, 1.165) is 37.3 Å². The highest BCUT2D eigenvalue weighted by Crippen LogP contribution is 2.30. The number of nitrogens with zero attached hydrogens (tertiary/aromatic N) is 1. The molecule has 0 amide bonds. The Labute approximate surface area is 129 Å². The topological polar surface area (TPSA) is 15.3 Å². The molecule has 112 valence electrons. The van der Waals surface area contributed by atoms with E-state index < -0.39 is 0 Å². The lowest BCUT2D eigenvalue weighted by Gasteiger charge is -2.35. The van der Waals surface area contributed by atoms with Gasteiger partial charge < -0.3 is 10.2 Å². The maximum absolute atomic E-state index is 13.6. The maximum Gasteiger partial charge on any atom is 0.137 e. The van der Waals surface area contributed by atoms with Crippen LogP contribution in [0.3, 0.4) is 0 Å². The monoisotopic (exact) mass is 342 g/mol. The van der Waals surface area contributed by atoms with Crippen LogP contribution < -0.4 is 10.2 Å². The normalized spacial score (nSPS) is 20.9. The van der Waals surface area contributed by atoms with Gasteiger partial charge in [-0.1, -0.05) is 20.8 Å². The van der Waals surface area contributed by atoms with Crippen molar-refractivity contribution in [3.63, 3.8) is 0 Å². The Bertz CT molecular complexity index is 482. The molecular formula is C16H24BrFN2. The number of anilines is 1. The number of hydrogen-bond acceptors (Lipinski definition) is 2. The van der Waals surface area contributed by atoms with Crippen LogP contribution in [0.15, 0.2) is 16.6 Å². The molecule has 1 aliphatic rings. The Hall–Kier alpha value is -0.610. The molecule has 0 radical (unpaired) electrons. The van der Waals surface area contributed by atoms with Crippen molar-refractivity contribution in [1.29, 1.82) is 0 Å². The smallest absolute Gasteiger partial charge is 0.137 e. The minimum atomic E-state index is -0.188. The van der Waals surface area contributed by atoms with E-state index in [1.54, 1.807) is 6.07 Å². The first-order chi connectivity index (χ1) is 9.29. The van der Waals surface area contributed by atoms with E-state index in [9.17, 15) is 4.39 Å². The molecule has 1 aromatic rings. The van der Waals surface area contributed by atoms with Gasteiger partial charge in [-0.15, -0.1) is 0 Å². The molecule has 0 aliphatic carbocycles. The summed E-state index contributed by atoms with van der Waals surface area (Å²) >= 11 is 3.30. The van der Waals surface area contributed by atoms with Crippen LogP contribution in [0.25, 0.3) is 0 Å². The summed E-state index contributed by atoms with van der Waals surface area (Å²) in [5.41, 5.74) is 2.35. The minimum absolute atomic E-state index is 0.188. The Balaban J connectivity index is 2.29. The van der Waals surface area contributed by atoms with Crippen molar-refractivity contribution in [1.82, 2.24) is 5.32 Å². The van der Waals surface area contributed by atoms with Crippen molar-refractivity contribution in [3.8, 4) is 0 Å². The van der Waals surface area contributed by atoms with Crippen molar-refractivity contribution in [2.45, 2.75) is 40.2 Å². The Morgan fingerprint density at radius 1 is 1.35 bits per heavy atom. The van der Waals surface area contributed by atoms with Crippen molar-refractivity contribution in [2.24, 2.45) is 5.41 Å². The molecule has 2 nitrogen and oxygen atoms in total. The summed E-state index contributed by atoms with van der Waals surface area (Å²) in [4.78, 5) is 2.38. The van der Waals surface area contributed by atoms with Gasteiger partial charge in [-0.3, -0.25) is 0 Å². The van der Waals surface area contributed by atoms with E-state index in [2.05, 4.69) is 46.9 Å². The molecule has 0 spiro atoms. The molecule has 0 bridgehead atoms. The Morgan fingerprint density at radius 3 is 2.70 bits per heavy atom. The summed E-state index contributed by atoms with van der Waals surface area (Å²) in [5, 5.41) is 3.64. The van der Waals surface area contributed by atoms with Gasteiger partial charge in [0.2, 0.25) is 0 Å². The van der Waals surface area contributed by atoms with E-state index in [1.807, 2.05) is 13.0 Å². The van der Waals surface area contributed by atoms with Gasteiger partial charge in [0, 0.05) is 24.8 Å². The quantitative estimate of drug-likeness (QED) is 0.826. The fourth-order valence-electron chi connectivity index (χ4n) is 2.70. The zero-order valence-electron chi connectivity index (χ0n) is 12.8. The fourth-order valence-corrected chi connectivity index (χ4v) is 3.03. The zero-order valence-corrected chi connectivity index (χ0v) is 14.3. The number of rotatable bonds is 1. The fraction of sp³-hybridized carbons (Fsp3) is 0.625. The number of benzene rings is 1. The molecule has 1 unspecified atom stereocenters. The molecule has 1 saturated heterocycles. The predicted molar refractivity (Wildman–Crippen MR) is 86.9 cm³/mol. The molecule has 1 fully saturated rings. The lowest BCUT2D eigenvalue weighted by atomic mass is 9.86. The van der Waals surface area contributed by atoms with Gasteiger partial charge in [0.25, 0.3) is 0 Å². The second kappa shape index (κ2) is 6.02. The third kappa shape index (κ3) is 3.53. The van der Waals surface area contributed by atoms with E-state index in [-0.39, 0.29) is 11.2 Å². The van der Waals surface area contributed by atoms with Gasteiger partial charge >= 0.3 is 0 Å². The van der Waals surface area contributed by atoms with Crippen LogP contribution in [-0.4, -0.2) is 25.7 Å². The van der Waals surface area contributed by atoms with Gasteiger partial charge in [-0.25, -0.2) is 4.39 Å². The Morgan fingerprint density at radius 2 is 2.05 bits per heavy atom. The molecule has 1 aromatic carbocycles. The molecule has 1 aliphatic heterocycles. The molecule has 1 atom stereocenters. The van der Waals surface area contributed by atoms with Gasteiger partial charge in [0.1, 0.15) is 5.82 Å². The van der Waals surface area contributed by atoms with Crippen LogP contribution in [0, 0.1) is 18.2 Å². The summed E-state index contributed by atoms with van der Waals surface area (Å²) in [5.74, 6) is -0.188. The molecule has 0 saturated carbocycles. The summed E-state index contributed by atoms with van der Waals surface area (Å²) in [6, 6.07) is 3.97. The molecule has 20 heavy (non-hydrogen) atoms. The first-order valence-electron chi connectivity index (χ1n) is 7.23. The highest BCUT2D eigenvalue weighted by atomic mass is 79.9. The standard InChI is InChI=1S/C16H24BrFN2/c1-11-8-13(18)12(17)9-14(11)20-7-5-6-19-15(10-20)16(2,3)4/h8-9,15,19H,5-7,10H2,1-4H3. The average Bonchev–Trinajstić information content (AvgIpc) is 2.59. The highest BCUT2D eigenvalue weighted by molar-refractivity contribution is 9.10. The lowest BCUT2D eigenvalue weighted by molar-refractivity contribution is 0.280. The highest BCUT2D eigenvalue weighted by Gasteiger charge is 2.28.